The topological polar surface area (TPSA) is 59.8 Å². The Morgan fingerprint density at radius 3 is 3.04 bits per heavy atom. The molecule has 1 aliphatic rings. The SMILES string of the molecule is Cc1c(C(=O)OCC(=O)N2CCc3sccc3C2)oc2ccc(F)cc12. The molecule has 3 heterocycles. The first-order valence-electron chi connectivity index (χ1n) is 8.21. The van der Waals surface area contributed by atoms with E-state index in [4.69, 9.17) is 9.15 Å². The zero-order valence-electron chi connectivity index (χ0n) is 14.1. The van der Waals surface area contributed by atoms with Gasteiger partial charge < -0.3 is 14.1 Å². The number of esters is 1. The molecule has 26 heavy (non-hydrogen) atoms. The minimum absolute atomic E-state index is 0.00263. The van der Waals surface area contributed by atoms with E-state index in [0.717, 1.165) is 12.0 Å². The van der Waals surface area contributed by atoms with Crippen molar-refractivity contribution in [2.45, 2.75) is 19.9 Å². The molecule has 0 fully saturated rings. The van der Waals surface area contributed by atoms with Crippen LogP contribution in [0, 0.1) is 12.7 Å². The minimum Gasteiger partial charge on any atom is -0.450 e. The number of carbonyl (C=O) groups excluding carboxylic acids is 2. The van der Waals surface area contributed by atoms with Gasteiger partial charge in [0.15, 0.2) is 6.61 Å². The summed E-state index contributed by atoms with van der Waals surface area (Å²) in [5, 5.41) is 2.54. The van der Waals surface area contributed by atoms with E-state index in [2.05, 4.69) is 0 Å². The average molecular weight is 373 g/mol. The van der Waals surface area contributed by atoms with E-state index in [1.165, 1.54) is 23.1 Å². The Labute approximate surface area is 153 Å². The fourth-order valence-corrected chi connectivity index (χ4v) is 4.02. The Kier molecular flexibility index (Phi) is 4.24. The molecule has 0 radical (unpaired) electrons. The van der Waals surface area contributed by atoms with Crippen molar-refractivity contribution in [1.82, 2.24) is 4.90 Å². The minimum atomic E-state index is -0.722. The standard InChI is InChI=1S/C19H16FNO4S/c1-11-14-8-13(20)2-3-15(14)25-18(11)19(23)24-10-17(22)21-6-4-16-12(9-21)5-7-26-16/h2-3,5,7-8H,4,6,9-10H2,1H3. The van der Waals surface area contributed by atoms with Gasteiger partial charge in [0.25, 0.3) is 5.91 Å². The van der Waals surface area contributed by atoms with Crippen LogP contribution in [0.2, 0.25) is 0 Å². The van der Waals surface area contributed by atoms with Crippen LogP contribution < -0.4 is 0 Å². The molecule has 3 aromatic rings. The second-order valence-electron chi connectivity index (χ2n) is 6.21. The van der Waals surface area contributed by atoms with Gasteiger partial charge in [-0.3, -0.25) is 4.79 Å². The van der Waals surface area contributed by atoms with E-state index >= 15 is 0 Å². The van der Waals surface area contributed by atoms with Gasteiger partial charge >= 0.3 is 5.97 Å². The normalized spacial score (nSPS) is 13.7. The number of hydrogen-bond donors (Lipinski definition) is 0. The van der Waals surface area contributed by atoms with Crippen molar-refractivity contribution < 1.29 is 23.1 Å². The lowest BCUT2D eigenvalue weighted by Crippen LogP contribution is -2.38. The number of furan rings is 1. The molecule has 7 heteroatoms. The summed E-state index contributed by atoms with van der Waals surface area (Å²) in [6, 6.07) is 6.05. The molecule has 0 aliphatic carbocycles. The van der Waals surface area contributed by atoms with Crippen LogP contribution in [0.1, 0.15) is 26.6 Å². The average Bonchev–Trinajstić information content (AvgIpc) is 3.23. The highest BCUT2D eigenvalue weighted by atomic mass is 32.1. The van der Waals surface area contributed by atoms with Crippen LogP contribution in [-0.4, -0.2) is 29.9 Å². The van der Waals surface area contributed by atoms with Crippen molar-refractivity contribution in [2.75, 3.05) is 13.2 Å². The zero-order valence-corrected chi connectivity index (χ0v) is 14.9. The second kappa shape index (κ2) is 6.57. The maximum Gasteiger partial charge on any atom is 0.375 e. The number of aryl methyl sites for hydroxylation is 1. The number of nitrogens with zero attached hydrogens (tertiary/aromatic N) is 1. The molecular weight excluding hydrogens is 357 g/mol. The lowest BCUT2D eigenvalue weighted by atomic mass is 10.1. The number of hydrogen-bond acceptors (Lipinski definition) is 5. The van der Waals surface area contributed by atoms with E-state index < -0.39 is 11.8 Å². The summed E-state index contributed by atoms with van der Waals surface area (Å²) in [4.78, 5) is 27.6. The molecule has 0 saturated heterocycles. The molecule has 0 spiro atoms. The number of thiophene rings is 1. The summed E-state index contributed by atoms with van der Waals surface area (Å²) in [6.45, 7) is 2.47. The van der Waals surface area contributed by atoms with Gasteiger partial charge in [0.05, 0.1) is 0 Å². The van der Waals surface area contributed by atoms with Gasteiger partial charge in [-0.2, -0.15) is 0 Å². The molecule has 0 saturated carbocycles. The summed E-state index contributed by atoms with van der Waals surface area (Å²) in [6.07, 6.45) is 0.820. The molecule has 0 unspecified atom stereocenters. The third-order valence-electron chi connectivity index (χ3n) is 4.57. The molecule has 2 aromatic heterocycles. The van der Waals surface area contributed by atoms with Crippen molar-refractivity contribution in [3.05, 3.63) is 57.2 Å². The molecule has 4 rings (SSSR count). The molecule has 1 aliphatic heterocycles. The van der Waals surface area contributed by atoms with Crippen LogP contribution >= 0.6 is 11.3 Å². The lowest BCUT2D eigenvalue weighted by Gasteiger charge is -2.26. The zero-order chi connectivity index (χ0) is 18.3. The Balaban J connectivity index is 1.43. The summed E-state index contributed by atoms with van der Waals surface area (Å²) in [7, 11) is 0. The van der Waals surface area contributed by atoms with Gasteiger partial charge in [-0.15, -0.1) is 11.3 Å². The van der Waals surface area contributed by atoms with E-state index in [1.807, 2.05) is 11.4 Å². The van der Waals surface area contributed by atoms with Gasteiger partial charge in [0.1, 0.15) is 11.4 Å². The highest BCUT2D eigenvalue weighted by Crippen LogP contribution is 2.27. The van der Waals surface area contributed by atoms with E-state index in [0.29, 0.717) is 29.6 Å². The monoisotopic (exact) mass is 373 g/mol. The fourth-order valence-electron chi connectivity index (χ4n) is 3.13. The molecule has 5 nitrogen and oxygen atoms in total. The number of carbonyl (C=O) groups is 2. The van der Waals surface area contributed by atoms with Crippen LogP contribution in [0.3, 0.4) is 0 Å². The Hall–Kier alpha value is -2.67. The molecular formula is C19H16FNO4S. The van der Waals surface area contributed by atoms with Gasteiger partial charge in [-0.25, -0.2) is 9.18 Å². The first-order chi connectivity index (χ1) is 12.5. The van der Waals surface area contributed by atoms with Crippen LogP contribution in [-0.2, 0) is 22.5 Å². The van der Waals surface area contributed by atoms with Crippen molar-refractivity contribution >= 4 is 34.2 Å². The van der Waals surface area contributed by atoms with Gasteiger partial charge in [0.2, 0.25) is 5.76 Å². The van der Waals surface area contributed by atoms with Crippen molar-refractivity contribution in [3.8, 4) is 0 Å². The largest absolute Gasteiger partial charge is 0.450 e. The predicted octanol–water partition coefficient (Wildman–Crippen LogP) is 3.68. The molecule has 0 bridgehead atoms. The van der Waals surface area contributed by atoms with Crippen molar-refractivity contribution in [1.29, 1.82) is 0 Å². The van der Waals surface area contributed by atoms with E-state index in [9.17, 15) is 14.0 Å². The Morgan fingerprint density at radius 1 is 1.35 bits per heavy atom. The maximum atomic E-state index is 13.4. The molecule has 0 N–H and O–H groups in total. The molecule has 134 valence electrons. The van der Waals surface area contributed by atoms with Crippen molar-refractivity contribution in [2.24, 2.45) is 0 Å². The summed E-state index contributed by atoms with van der Waals surface area (Å²) >= 11 is 1.70. The number of rotatable bonds is 3. The first-order valence-corrected chi connectivity index (χ1v) is 9.09. The lowest BCUT2D eigenvalue weighted by molar-refractivity contribution is -0.135. The molecule has 1 amide bonds. The third kappa shape index (κ3) is 2.99. The summed E-state index contributed by atoms with van der Waals surface area (Å²) in [5.74, 6) is -1.37. The summed E-state index contributed by atoms with van der Waals surface area (Å²) in [5.41, 5.74) is 2.05. The third-order valence-corrected chi connectivity index (χ3v) is 5.59. The Morgan fingerprint density at radius 2 is 2.19 bits per heavy atom. The summed E-state index contributed by atoms with van der Waals surface area (Å²) < 4.78 is 24.0. The highest BCUT2D eigenvalue weighted by molar-refractivity contribution is 7.10. The van der Waals surface area contributed by atoms with Crippen molar-refractivity contribution in [3.63, 3.8) is 0 Å². The van der Waals surface area contributed by atoms with Crippen LogP contribution in [0.5, 0.6) is 0 Å². The van der Waals surface area contributed by atoms with Crippen LogP contribution in [0.4, 0.5) is 4.39 Å². The number of ether oxygens (including phenoxy) is 1. The van der Waals surface area contributed by atoms with E-state index in [-0.39, 0.29) is 18.3 Å². The number of benzene rings is 1. The number of halogens is 1. The Bertz CT molecular complexity index is 1010. The second-order valence-corrected chi connectivity index (χ2v) is 7.21. The maximum absolute atomic E-state index is 13.4. The number of amides is 1. The van der Waals surface area contributed by atoms with Gasteiger partial charge in [0, 0.05) is 28.9 Å². The van der Waals surface area contributed by atoms with E-state index in [1.54, 1.807) is 23.2 Å². The fraction of sp³-hybridized carbons (Fsp3) is 0.263. The highest BCUT2D eigenvalue weighted by Gasteiger charge is 2.24. The molecule has 1 aromatic carbocycles. The van der Waals surface area contributed by atoms with Crippen LogP contribution in [0.15, 0.2) is 34.1 Å². The quantitative estimate of drug-likeness (QED) is 0.657. The predicted molar refractivity (Wildman–Crippen MR) is 94.6 cm³/mol. The van der Waals surface area contributed by atoms with Gasteiger partial charge in [-0.1, -0.05) is 0 Å². The first kappa shape index (κ1) is 16.8. The number of fused-ring (bicyclic) bond motifs is 2. The van der Waals surface area contributed by atoms with Crippen LogP contribution in [0.25, 0.3) is 11.0 Å². The van der Waals surface area contributed by atoms with Gasteiger partial charge in [-0.05, 0) is 48.6 Å². The molecule has 0 atom stereocenters. The smallest absolute Gasteiger partial charge is 0.375 e.